The van der Waals surface area contributed by atoms with Crippen LogP contribution in [-0.2, 0) is 20.7 Å². The van der Waals surface area contributed by atoms with E-state index < -0.39 is 11.8 Å². The molecule has 1 atom stereocenters. The quantitative estimate of drug-likeness (QED) is 0.560. The molecule has 2 N–H and O–H groups in total. The third-order valence-electron chi connectivity index (χ3n) is 5.39. The molecule has 0 bridgehead atoms. The number of morpholine rings is 1. The number of carbonyl (C=O) groups excluding carboxylic acids is 2. The number of carbonyl (C=O) groups is 2. The molecule has 152 valence electrons. The average molecular weight is 386 g/mol. The van der Waals surface area contributed by atoms with E-state index in [9.17, 15) is 9.59 Å². The highest BCUT2D eigenvalue weighted by Crippen LogP contribution is 2.30. The minimum Gasteiger partial charge on any atom is -0.379 e. The lowest BCUT2D eigenvalue weighted by Gasteiger charge is -2.36. The van der Waals surface area contributed by atoms with Crippen molar-refractivity contribution in [1.29, 1.82) is 0 Å². The minimum atomic E-state index is -0.632. The molecule has 7 heteroatoms. The van der Waals surface area contributed by atoms with Gasteiger partial charge in [0.05, 0.1) is 19.3 Å². The van der Waals surface area contributed by atoms with Crippen LogP contribution in [0.2, 0.25) is 0 Å². The molecule has 2 amide bonds. The first-order chi connectivity index (χ1) is 13.6. The van der Waals surface area contributed by atoms with Crippen molar-refractivity contribution >= 4 is 17.5 Å². The normalized spacial score (nSPS) is 18.1. The van der Waals surface area contributed by atoms with Crippen LogP contribution in [-0.4, -0.2) is 69.7 Å². The largest absolute Gasteiger partial charge is 0.379 e. The zero-order valence-corrected chi connectivity index (χ0v) is 16.6. The first-order valence-electron chi connectivity index (χ1n) is 9.93. The van der Waals surface area contributed by atoms with Crippen molar-refractivity contribution in [3.05, 3.63) is 42.0 Å². The predicted octanol–water partition coefficient (Wildman–Crippen LogP) is 0.861. The van der Waals surface area contributed by atoms with E-state index in [2.05, 4.69) is 52.3 Å². The first kappa shape index (κ1) is 20.4. The van der Waals surface area contributed by atoms with E-state index in [-0.39, 0.29) is 12.6 Å². The molecule has 2 aliphatic rings. The molecule has 2 aliphatic heterocycles. The Hall–Kier alpha value is -2.38. The van der Waals surface area contributed by atoms with E-state index >= 15 is 0 Å². The standard InChI is InChI=1S/C21H30N4O3/c1-3-8-22-20(26)21(27)23-15-19(25-10-12-28-13-11-25)17-6-7-18-16(14-17)5-4-9-24(18)2/h3,6-7,14,19H,1,4-5,8-13,15H2,2H3,(H,22,26)(H,23,27)/t19-/m0/s1. The number of aryl methyl sites for hydroxylation is 1. The molecule has 2 heterocycles. The number of ether oxygens (including phenoxy) is 1. The molecule has 1 aromatic carbocycles. The Morgan fingerprint density at radius 1 is 1.21 bits per heavy atom. The van der Waals surface area contributed by atoms with Gasteiger partial charge in [0.2, 0.25) is 0 Å². The Bertz CT molecular complexity index is 716. The molecular weight excluding hydrogens is 356 g/mol. The maximum absolute atomic E-state index is 12.1. The fraction of sp³-hybridized carbons (Fsp3) is 0.524. The highest BCUT2D eigenvalue weighted by atomic mass is 16.5. The Labute approximate surface area is 166 Å². The van der Waals surface area contributed by atoms with Gasteiger partial charge in [-0.3, -0.25) is 14.5 Å². The summed E-state index contributed by atoms with van der Waals surface area (Å²) in [6, 6.07) is 6.59. The van der Waals surface area contributed by atoms with E-state index in [0.717, 1.165) is 32.5 Å². The Morgan fingerprint density at radius 2 is 1.96 bits per heavy atom. The number of benzene rings is 1. The van der Waals surface area contributed by atoms with Crippen LogP contribution in [0.15, 0.2) is 30.9 Å². The Balaban J connectivity index is 1.75. The highest BCUT2D eigenvalue weighted by molar-refractivity contribution is 6.35. The lowest BCUT2D eigenvalue weighted by molar-refractivity contribution is -0.139. The van der Waals surface area contributed by atoms with Gasteiger partial charge in [-0.25, -0.2) is 0 Å². The summed E-state index contributed by atoms with van der Waals surface area (Å²) in [5, 5.41) is 5.31. The van der Waals surface area contributed by atoms with E-state index in [1.165, 1.54) is 16.8 Å². The first-order valence-corrected chi connectivity index (χ1v) is 9.93. The van der Waals surface area contributed by atoms with Crippen LogP contribution >= 0.6 is 0 Å². The van der Waals surface area contributed by atoms with Gasteiger partial charge in [-0.15, -0.1) is 6.58 Å². The monoisotopic (exact) mass is 386 g/mol. The Morgan fingerprint density at radius 3 is 2.71 bits per heavy atom. The van der Waals surface area contributed by atoms with Crippen molar-refractivity contribution in [3.8, 4) is 0 Å². The topological polar surface area (TPSA) is 73.9 Å². The SMILES string of the molecule is C=CCNC(=O)C(=O)NC[C@@H](c1ccc2c(c1)CCCN2C)N1CCOCC1. The van der Waals surface area contributed by atoms with Crippen LogP contribution in [0.25, 0.3) is 0 Å². The van der Waals surface area contributed by atoms with Gasteiger partial charge < -0.3 is 20.3 Å². The lowest BCUT2D eigenvalue weighted by atomic mass is 9.95. The van der Waals surface area contributed by atoms with Crippen molar-refractivity contribution in [3.63, 3.8) is 0 Å². The van der Waals surface area contributed by atoms with Crippen molar-refractivity contribution in [2.24, 2.45) is 0 Å². The smallest absolute Gasteiger partial charge is 0.309 e. The van der Waals surface area contributed by atoms with E-state index in [4.69, 9.17) is 4.74 Å². The summed E-state index contributed by atoms with van der Waals surface area (Å²) >= 11 is 0. The second kappa shape index (κ2) is 9.71. The average Bonchev–Trinajstić information content (AvgIpc) is 2.73. The maximum atomic E-state index is 12.1. The second-order valence-corrected chi connectivity index (χ2v) is 7.29. The van der Waals surface area contributed by atoms with Crippen molar-refractivity contribution in [1.82, 2.24) is 15.5 Å². The van der Waals surface area contributed by atoms with Gasteiger partial charge in [0.25, 0.3) is 0 Å². The number of amides is 2. The number of hydrogen-bond acceptors (Lipinski definition) is 5. The molecule has 0 unspecified atom stereocenters. The van der Waals surface area contributed by atoms with Gasteiger partial charge in [0.1, 0.15) is 0 Å². The highest BCUT2D eigenvalue weighted by Gasteiger charge is 2.26. The van der Waals surface area contributed by atoms with Crippen molar-refractivity contribution in [2.75, 3.05) is 57.9 Å². The zero-order valence-electron chi connectivity index (χ0n) is 16.6. The molecule has 7 nitrogen and oxygen atoms in total. The number of rotatable bonds is 6. The van der Waals surface area contributed by atoms with Gasteiger partial charge in [0.15, 0.2) is 0 Å². The molecule has 0 spiro atoms. The van der Waals surface area contributed by atoms with Gasteiger partial charge >= 0.3 is 11.8 Å². The Kier molecular flexibility index (Phi) is 7.06. The molecule has 0 aliphatic carbocycles. The molecule has 1 fully saturated rings. The summed E-state index contributed by atoms with van der Waals surface area (Å²) < 4.78 is 5.49. The molecule has 0 aromatic heterocycles. The van der Waals surface area contributed by atoms with Crippen molar-refractivity contribution < 1.29 is 14.3 Å². The van der Waals surface area contributed by atoms with E-state index in [1.54, 1.807) is 6.08 Å². The summed E-state index contributed by atoms with van der Waals surface area (Å²) in [6.45, 7) is 8.25. The minimum absolute atomic E-state index is 0.0117. The molecule has 1 aromatic rings. The molecule has 28 heavy (non-hydrogen) atoms. The van der Waals surface area contributed by atoms with Crippen LogP contribution in [0, 0.1) is 0 Å². The molecule has 3 rings (SSSR count). The number of hydrogen-bond donors (Lipinski definition) is 2. The molecular formula is C21H30N4O3. The zero-order chi connectivity index (χ0) is 19.9. The number of nitrogens with zero attached hydrogens (tertiary/aromatic N) is 2. The van der Waals surface area contributed by atoms with Crippen molar-refractivity contribution in [2.45, 2.75) is 18.9 Å². The third-order valence-corrected chi connectivity index (χ3v) is 5.39. The van der Waals surface area contributed by atoms with E-state index in [1.807, 2.05) is 0 Å². The molecule has 0 radical (unpaired) electrons. The van der Waals surface area contributed by atoms with Crippen LogP contribution in [0.4, 0.5) is 5.69 Å². The second-order valence-electron chi connectivity index (χ2n) is 7.29. The van der Waals surface area contributed by atoms with Crippen LogP contribution in [0.5, 0.6) is 0 Å². The van der Waals surface area contributed by atoms with Crippen LogP contribution in [0.1, 0.15) is 23.6 Å². The summed E-state index contributed by atoms with van der Waals surface area (Å²) in [7, 11) is 2.12. The summed E-state index contributed by atoms with van der Waals surface area (Å²) in [6.07, 6.45) is 3.76. The molecule has 1 saturated heterocycles. The van der Waals surface area contributed by atoms with Crippen LogP contribution < -0.4 is 15.5 Å². The number of fused-ring (bicyclic) bond motifs is 1. The summed E-state index contributed by atoms with van der Waals surface area (Å²) in [5.74, 6) is -1.24. The number of anilines is 1. The summed E-state index contributed by atoms with van der Waals surface area (Å²) in [5.41, 5.74) is 3.80. The fourth-order valence-corrected chi connectivity index (χ4v) is 3.87. The third kappa shape index (κ3) is 4.91. The maximum Gasteiger partial charge on any atom is 0.309 e. The van der Waals surface area contributed by atoms with E-state index in [0.29, 0.717) is 19.8 Å². The van der Waals surface area contributed by atoms with Gasteiger partial charge in [-0.1, -0.05) is 18.2 Å². The fourth-order valence-electron chi connectivity index (χ4n) is 3.87. The number of nitrogens with one attached hydrogen (secondary N) is 2. The lowest BCUT2D eigenvalue weighted by Crippen LogP contribution is -2.46. The molecule has 0 saturated carbocycles. The van der Waals surface area contributed by atoms with Gasteiger partial charge in [0, 0.05) is 45.5 Å². The van der Waals surface area contributed by atoms with Gasteiger partial charge in [-0.2, -0.15) is 0 Å². The summed E-state index contributed by atoms with van der Waals surface area (Å²) in [4.78, 5) is 28.6. The van der Waals surface area contributed by atoms with Gasteiger partial charge in [-0.05, 0) is 30.0 Å². The predicted molar refractivity (Wildman–Crippen MR) is 109 cm³/mol. The van der Waals surface area contributed by atoms with Crippen LogP contribution in [0.3, 0.4) is 0 Å².